The molecule has 0 unspecified atom stereocenters. The van der Waals surface area contributed by atoms with Crippen molar-refractivity contribution in [3.63, 3.8) is 0 Å². The lowest BCUT2D eigenvalue weighted by atomic mass is 9.96. The first-order chi connectivity index (χ1) is 11.8. The number of β-amino-alcohol motifs (C(OH)–C–C–N with tert-alkyl or cyclic N) is 1. The van der Waals surface area contributed by atoms with Gasteiger partial charge in [-0.15, -0.1) is 0 Å². The molecule has 1 fully saturated rings. The van der Waals surface area contributed by atoms with Gasteiger partial charge in [-0.3, -0.25) is 0 Å². The molecular weight excluding hydrogens is 308 g/mol. The highest BCUT2D eigenvalue weighted by Gasteiger charge is 2.20. The molecule has 134 valence electrons. The molecule has 2 heterocycles. The van der Waals surface area contributed by atoms with Gasteiger partial charge in [-0.05, 0) is 56.1 Å². The minimum Gasteiger partial charge on any atom is -0.493 e. The topological polar surface area (TPSA) is 63.2 Å². The number of fused-ring (bicyclic) bond motifs is 1. The minimum atomic E-state index is 0.259. The summed E-state index contributed by atoms with van der Waals surface area (Å²) < 4.78 is 16.7. The fourth-order valence-electron chi connectivity index (χ4n) is 3.41. The monoisotopic (exact) mass is 336 g/mol. The molecule has 24 heavy (non-hydrogen) atoms. The van der Waals surface area contributed by atoms with Crippen LogP contribution in [0.1, 0.15) is 18.4 Å². The van der Waals surface area contributed by atoms with Crippen LogP contribution in [-0.4, -0.2) is 63.1 Å². The quantitative estimate of drug-likeness (QED) is 0.782. The summed E-state index contributed by atoms with van der Waals surface area (Å²) >= 11 is 0. The highest BCUT2D eigenvalue weighted by Crippen LogP contribution is 2.40. The van der Waals surface area contributed by atoms with Crippen molar-refractivity contribution in [2.75, 3.05) is 53.1 Å². The molecule has 1 aromatic rings. The first-order valence-electron chi connectivity index (χ1n) is 8.80. The number of aliphatic hydroxyl groups excluding tert-OH is 1. The van der Waals surface area contributed by atoms with Crippen LogP contribution in [0.25, 0.3) is 0 Å². The first-order valence-corrected chi connectivity index (χ1v) is 8.80. The van der Waals surface area contributed by atoms with E-state index in [0.717, 1.165) is 49.8 Å². The molecule has 0 bridgehead atoms. The lowest BCUT2D eigenvalue weighted by Gasteiger charge is -2.31. The van der Waals surface area contributed by atoms with E-state index in [1.807, 2.05) is 12.1 Å². The second-order valence-corrected chi connectivity index (χ2v) is 6.46. The molecule has 0 saturated carbocycles. The van der Waals surface area contributed by atoms with Gasteiger partial charge in [0.2, 0.25) is 5.75 Å². The van der Waals surface area contributed by atoms with Gasteiger partial charge in [0.05, 0.1) is 13.7 Å². The number of piperidine rings is 1. The van der Waals surface area contributed by atoms with E-state index < -0.39 is 0 Å². The van der Waals surface area contributed by atoms with Crippen LogP contribution < -0.4 is 19.5 Å². The average molecular weight is 336 g/mol. The fraction of sp³-hybridized carbons (Fsp3) is 0.667. The van der Waals surface area contributed by atoms with Gasteiger partial charge in [0, 0.05) is 13.1 Å². The normalized spacial score (nSPS) is 18.6. The summed E-state index contributed by atoms with van der Waals surface area (Å²) in [5, 5.41) is 12.6. The second-order valence-electron chi connectivity index (χ2n) is 6.46. The number of benzene rings is 1. The van der Waals surface area contributed by atoms with E-state index in [9.17, 15) is 0 Å². The van der Waals surface area contributed by atoms with Crippen molar-refractivity contribution in [1.29, 1.82) is 0 Å². The van der Waals surface area contributed by atoms with Crippen LogP contribution in [0.4, 0.5) is 0 Å². The Morgan fingerprint density at radius 3 is 2.79 bits per heavy atom. The van der Waals surface area contributed by atoms with Crippen molar-refractivity contribution in [1.82, 2.24) is 10.2 Å². The van der Waals surface area contributed by atoms with Crippen molar-refractivity contribution in [2.24, 2.45) is 5.92 Å². The molecule has 6 nitrogen and oxygen atoms in total. The first kappa shape index (κ1) is 17.3. The van der Waals surface area contributed by atoms with Gasteiger partial charge in [-0.1, -0.05) is 0 Å². The average Bonchev–Trinajstić information content (AvgIpc) is 2.63. The van der Waals surface area contributed by atoms with Crippen molar-refractivity contribution in [3.8, 4) is 17.2 Å². The Kier molecular flexibility index (Phi) is 6.18. The zero-order valence-corrected chi connectivity index (χ0v) is 14.4. The van der Waals surface area contributed by atoms with Crippen molar-refractivity contribution in [3.05, 3.63) is 17.7 Å². The number of methoxy groups -OCH3 is 1. The highest BCUT2D eigenvalue weighted by atomic mass is 16.6. The van der Waals surface area contributed by atoms with Gasteiger partial charge in [-0.25, -0.2) is 0 Å². The number of nitrogens with one attached hydrogen (secondary N) is 1. The van der Waals surface area contributed by atoms with Crippen molar-refractivity contribution in [2.45, 2.75) is 19.4 Å². The zero-order valence-electron chi connectivity index (χ0n) is 14.4. The molecule has 2 aliphatic rings. The van der Waals surface area contributed by atoms with Crippen molar-refractivity contribution >= 4 is 0 Å². The van der Waals surface area contributed by atoms with Gasteiger partial charge in [0.25, 0.3) is 0 Å². The number of aliphatic hydroxyl groups is 1. The lowest BCUT2D eigenvalue weighted by molar-refractivity contribution is 0.146. The maximum Gasteiger partial charge on any atom is 0.203 e. The number of nitrogens with zero attached hydrogens (tertiary/aromatic N) is 1. The van der Waals surface area contributed by atoms with Gasteiger partial charge in [0.15, 0.2) is 11.5 Å². The van der Waals surface area contributed by atoms with E-state index in [1.54, 1.807) is 7.11 Å². The van der Waals surface area contributed by atoms with Crippen LogP contribution in [-0.2, 0) is 6.54 Å². The molecule has 2 N–H and O–H groups in total. The van der Waals surface area contributed by atoms with E-state index >= 15 is 0 Å². The number of hydrogen-bond donors (Lipinski definition) is 2. The fourth-order valence-corrected chi connectivity index (χ4v) is 3.41. The molecule has 0 amide bonds. The van der Waals surface area contributed by atoms with Crippen LogP contribution in [0.15, 0.2) is 12.1 Å². The maximum atomic E-state index is 9.00. The number of rotatable bonds is 7. The Labute approximate surface area is 143 Å². The Morgan fingerprint density at radius 1 is 1.25 bits per heavy atom. The molecule has 0 radical (unpaired) electrons. The molecule has 0 aliphatic carbocycles. The third kappa shape index (κ3) is 4.32. The summed E-state index contributed by atoms with van der Waals surface area (Å²) in [6, 6.07) is 4.05. The summed E-state index contributed by atoms with van der Waals surface area (Å²) in [6.07, 6.45) is 2.38. The summed E-state index contributed by atoms with van der Waals surface area (Å²) in [7, 11) is 1.66. The third-order valence-electron chi connectivity index (χ3n) is 4.77. The molecule has 2 aliphatic heterocycles. The molecule has 0 spiro atoms. The number of hydrogen-bond acceptors (Lipinski definition) is 6. The van der Waals surface area contributed by atoms with Gasteiger partial charge in [0.1, 0.15) is 13.2 Å². The minimum absolute atomic E-state index is 0.259. The molecule has 0 atom stereocenters. The molecular formula is C18H28N2O4. The highest BCUT2D eigenvalue weighted by molar-refractivity contribution is 5.54. The predicted octanol–water partition coefficient (Wildman–Crippen LogP) is 1.26. The largest absolute Gasteiger partial charge is 0.493 e. The Morgan fingerprint density at radius 2 is 2.04 bits per heavy atom. The summed E-state index contributed by atoms with van der Waals surface area (Å²) in [5.74, 6) is 2.93. The van der Waals surface area contributed by atoms with Crippen molar-refractivity contribution < 1.29 is 19.3 Å². The molecule has 6 heteroatoms. The summed E-state index contributed by atoms with van der Waals surface area (Å²) in [5.41, 5.74) is 1.15. The van der Waals surface area contributed by atoms with E-state index in [-0.39, 0.29) is 6.61 Å². The van der Waals surface area contributed by atoms with Crippen LogP contribution in [0.3, 0.4) is 0 Å². The summed E-state index contributed by atoms with van der Waals surface area (Å²) in [4.78, 5) is 2.34. The Hall–Kier alpha value is -1.50. The van der Waals surface area contributed by atoms with Crippen LogP contribution >= 0.6 is 0 Å². The number of likely N-dealkylation sites (tertiary alicyclic amines) is 1. The smallest absolute Gasteiger partial charge is 0.203 e. The van der Waals surface area contributed by atoms with E-state index in [2.05, 4.69) is 10.2 Å². The Bertz CT molecular complexity index is 513. The SMILES string of the molecule is COc1cc(CNCC2CCN(CCO)CC2)cc2c1OCCO2. The van der Waals surface area contributed by atoms with E-state index in [0.29, 0.717) is 24.9 Å². The van der Waals surface area contributed by atoms with E-state index in [4.69, 9.17) is 19.3 Å². The predicted molar refractivity (Wildman–Crippen MR) is 91.9 cm³/mol. The second kappa shape index (κ2) is 8.55. The molecule has 0 aromatic heterocycles. The van der Waals surface area contributed by atoms with Gasteiger partial charge < -0.3 is 29.5 Å². The van der Waals surface area contributed by atoms with Gasteiger partial charge >= 0.3 is 0 Å². The molecule has 1 aromatic carbocycles. The maximum absolute atomic E-state index is 9.00. The molecule has 1 saturated heterocycles. The zero-order chi connectivity index (χ0) is 16.8. The standard InChI is InChI=1S/C18H28N2O4/c1-22-16-10-15(11-17-18(16)24-9-8-23-17)13-19-12-14-2-4-20(5-3-14)6-7-21/h10-11,14,19,21H,2-9,12-13H2,1H3. The summed E-state index contributed by atoms with van der Waals surface area (Å²) in [6.45, 7) is 6.20. The molecule has 3 rings (SSSR count). The number of ether oxygens (including phenoxy) is 3. The van der Waals surface area contributed by atoms with Crippen LogP contribution in [0.2, 0.25) is 0 Å². The van der Waals surface area contributed by atoms with Crippen LogP contribution in [0.5, 0.6) is 17.2 Å². The van der Waals surface area contributed by atoms with E-state index in [1.165, 1.54) is 12.8 Å². The van der Waals surface area contributed by atoms with Gasteiger partial charge in [-0.2, -0.15) is 0 Å². The lowest BCUT2D eigenvalue weighted by Crippen LogP contribution is -2.38. The Balaban J connectivity index is 1.49. The van der Waals surface area contributed by atoms with Crippen LogP contribution in [0, 0.1) is 5.92 Å². The third-order valence-corrected chi connectivity index (χ3v) is 4.77.